The van der Waals surface area contributed by atoms with Gasteiger partial charge in [0.2, 0.25) is 11.9 Å². The number of pyridine rings is 1. The standard InChI is InChI=1S/C43H38N6O8S2/c1-3-54-42(53)56-27(2)55-40(52)36-29(22-21-28-14-13-23-45-24-28)25-58-39-35(38(51)49(36)39)47-37(50)34(33-26-59-41(44)46-33)48-57-43(30-15-7-4-8-16-30,31-17-9-5-10-18-31)32-19-11-6-12-20-32/h4-24,26-27,35,39H,3,25H2,1-2H3,(H2,44,46)(H,47,50)/b22-21-,48-34?/t27?,35-,39+/m1/s1. The van der Waals surface area contributed by atoms with Crippen molar-refractivity contribution in [2.24, 2.45) is 5.16 Å². The number of oxime groups is 1. The van der Waals surface area contributed by atoms with Gasteiger partial charge in [-0.3, -0.25) is 19.5 Å². The highest BCUT2D eigenvalue weighted by Gasteiger charge is 2.55. The number of aromatic nitrogens is 2. The minimum atomic E-state index is -1.34. The van der Waals surface area contributed by atoms with Gasteiger partial charge in [0.05, 0.1) is 6.61 Å². The van der Waals surface area contributed by atoms with Crippen molar-refractivity contribution in [1.82, 2.24) is 20.2 Å². The third kappa shape index (κ3) is 8.73. The predicted molar refractivity (Wildman–Crippen MR) is 222 cm³/mol. The maximum Gasteiger partial charge on any atom is 0.511 e. The molecule has 4 heterocycles. The van der Waals surface area contributed by atoms with Crippen LogP contribution in [-0.2, 0) is 39.0 Å². The van der Waals surface area contributed by atoms with Crippen molar-refractivity contribution in [1.29, 1.82) is 0 Å². The number of thiazole rings is 1. The molecule has 3 atom stereocenters. The number of fused-ring (bicyclic) bond motifs is 1. The van der Waals surface area contributed by atoms with Crippen LogP contribution >= 0.6 is 23.1 Å². The molecule has 0 spiro atoms. The third-order valence-electron chi connectivity index (χ3n) is 9.23. The Labute approximate surface area is 347 Å². The Morgan fingerprint density at radius 1 is 0.949 bits per heavy atom. The molecule has 3 aromatic carbocycles. The topological polar surface area (TPSA) is 185 Å². The number of amides is 2. The van der Waals surface area contributed by atoms with E-state index in [1.165, 1.54) is 23.6 Å². The number of anilines is 1. The van der Waals surface area contributed by atoms with Crippen molar-refractivity contribution in [3.63, 3.8) is 0 Å². The summed E-state index contributed by atoms with van der Waals surface area (Å²) < 4.78 is 15.3. The Hall–Kier alpha value is -6.78. The van der Waals surface area contributed by atoms with E-state index in [9.17, 15) is 19.2 Å². The molecule has 16 heteroatoms. The summed E-state index contributed by atoms with van der Waals surface area (Å²) in [5, 5.41) is 8.41. The maximum absolute atomic E-state index is 14.4. The Morgan fingerprint density at radius 2 is 1.59 bits per heavy atom. The van der Waals surface area contributed by atoms with Gasteiger partial charge < -0.3 is 30.1 Å². The number of hydrogen-bond acceptors (Lipinski definition) is 14. The summed E-state index contributed by atoms with van der Waals surface area (Å²) >= 11 is 2.45. The van der Waals surface area contributed by atoms with Crippen LogP contribution in [0.3, 0.4) is 0 Å². The Balaban J connectivity index is 1.21. The number of benzene rings is 3. The summed E-state index contributed by atoms with van der Waals surface area (Å²) in [4.78, 5) is 70.5. The molecular formula is C43H38N6O8S2. The van der Waals surface area contributed by atoms with Crippen LogP contribution in [0.25, 0.3) is 6.08 Å². The molecule has 59 heavy (non-hydrogen) atoms. The first-order valence-corrected chi connectivity index (χ1v) is 20.4. The minimum absolute atomic E-state index is 0.0601. The van der Waals surface area contributed by atoms with E-state index in [4.69, 9.17) is 24.8 Å². The lowest BCUT2D eigenvalue weighted by atomic mass is 9.80. The number of ether oxygens (including phenoxy) is 3. The SMILES string of the molecule is CCOC(=O)OC(C)OC(=O)C1=C(/C=C\c2cccnc2)CS[C@H]2[C@H](NC(=O)C(=NOC(c3ccccc3)(c3ccccc3)c3ccccc3)c3csc(N)n3)C(=O)N12. The fraction of sp³-hybridized carbons (Fsp3) is 0.186. The van der Waals surface area contributed by atoms with E-state index in [0.717, 1.165) is 33.6 Å². The molecule has 1 unspecified atom stereocenters. The quantitative estimate of drug-likeness (QED) is 0.0320. The highest BCUT2D eigenvalue weighted by Crippen LogP contribution is 2.43. The van der Waals surface area contributed by atoms with Crippen LogP contribution in [0.4, 0.5) is 9.93 Å². The molecule has 0 radical (unpaired) electrons. The number of carbonyl (C=O) groups is 4. The van der Waals surface area contributed by atoms with Crippen molar-refractivity contribution < 1.29 is 38.2 Å². The Bertz CT molecular complexity index is 2300. The molecular weight excluding hydrogens is 793 g/mol. The number of nitrogens with one attached hydrogen (secondary N) is 1. The molecule has 0 saturated carbocycles. The van der Waals surface area contributed by atoms with Gasteiger partial charge in [-0.1, -0.05) is 114 Å². The zero-order valence-electron chi connectivity index (χ0n) is 31.8. The molecule has 3 N–H and O–H groups in total. The highest BCUT2D eigenvalue weighted by atomic mass is 32.2. The molecule has 0 aliphatic carbocycles. The largest absolute Gasteiger partial charge is 0.511 e. The first-order chi connectivity index (χ1) is 28.7. The van der Waals surface area contributed by atoms with Gasteiger partial charge in [-0.15, -0.1) is 23.1 Å². The number of nitrogen functional groups attached to an aromatic ring is 1. The molecule has 2 aliphatic rings. The van der Waals surface area contributed by atoms with Crippen LogP contribution in [0.2, 0.25) is 0 Å². The van der Waals surface area contributed by atoms with Gasteiger partial charge >= 0.3 is 12.1 Å². The van der Waals surface area contributed by atoms with E-state index in [1.807, 2.05) is 97.1 Å². The second kappa shape index (κ2) is 18.2. The van der Waals surface area contributed by atoms with Crippen molar-refractivity contribution in [3.8, 4) is 0 Å². The number of nitrogens with zero attached hydrogens (tertiary/aromatic N) is 4. The van der Waals surface area contributed by atoms with E-state index < -0.39 is 47.2 Å². The van der Waals surface area contributed by atoms with Gasteiger partial charge in [0.25, 0.3) is 11.8 Å². The highest BCUT2D eigenvalue weighted by molar-refractivity contribution is 8.00. The molecule has 0 bridgehead atoms. The zero-order valence-corrected chi connectivity index (χ0v) is 33.4. The normalized spacial score (nSPS) is 17.1. The fourth-order valence-corrected chi connectivity index (χ4v) is 8.42. The van der Waals surface area contributed by atoms with Gasteiger partial charge in [-0.05, 0) is 24.1 Å². The monoisotopic (exact) mass is 830 g/mol. The van der Waals surface area contributed by atoms with E-state index in [0.29, 0.717) is 5.57 Å². The Morgan fingerprint density at radius 3 is 2.15 bits per heavy atom. The number of allylic oxidation sites excluding steroid dienone is 1. The fourth-order valence-electron chi connectivity index (χ4n) is 6.55. The molecule has 1 fully saturated rings. The minimum Gasteiger partial charge on any atom is -0.435 e. The van der Waals surface area contributed by atoms with Gasteiger partial charge in [-0.25, -0.2) is 14.6 Å². The van der Waals surface area contributed by atoms with Crippen molar-refractivity contribution in [3.05, 3.63) is 166 Å². The van der Waals surface area contributed by atoms with Gasteiger partial charge in [0, 0.05) is 47.1 Å². The molecule has 7 rings (SSSR count). The average molecular weight is 831 g/mol. The van der Waals surface area contributed by atoms with E-state index >= 15 is 0 Å². The maximum atomic E-state index is 14.4. The predicted octanol–water partition coefficient (Wildman–Crippen LogP) is 6.26. The summed E-state index contributed by atoms with van der Waals surface area (Å²) in [6.07, 6.45) is 4.37. The molecule has 14 nitrogen and oxygen atoms in total. The molecule has 5 aromatic rings. The van der Waals surface area contributed by atoms with Crippen LogP contribution < -0.4 is 11.1 Å². The summed E-state index contributed by atoms with van der Waals surface area (Å²) in [5.74, 6) is -2.00. The number of carbonyl (C=O) groups excluding carboxylic acids is 4. The smallest absolute Gasteiger partial charge is 0.435 e. The van der Waals surface area contributed by atoms with Crippen molar-refractivity contribution >= 4 is 64.0 Å². The summed E-state index contributed by atoms with van der Waals surface area (Å²) in [6, 6.07) is 31.0. The lowest BCUT2D eigenvalue weighted by Gasteiger charge is -2.49. The number of nitrogens with two attached hydrogens (primary N) is 1. The second-order valence-corrected chi connectivity index (χ2v) is 15.0. The van der Waals surface area contributed by atoms with Crippen molar-refractivity contribution in [2.45, 2.75) is 37.2 Å². The number of hydrogen-bond donors (Lipinski definition) is 2. The lowest BCUT2D eigenvalue weighted by molar-refractivity contribution is -0.168. The summed E-state index contributed by atoms with van der Waals surface area (Å²) in [5.41, 5.74) is 8.00. The lowest BCUT2D eigenvalue weighted by Crippen LogP contribution is -2.71. The first kappa shape index (κ1) is 40.4. The van der Waals surface area contributed by atoms with E-state index in [-0.39, 0.29) is 34.6 Å². The molecule has 2 aromatic heterocycles. The number of thioether (sulfide) groups is 1. The van der Waals surface area contributed by atoms with Crippen LogP contribution in [0.1, 0.15) is 41.8 Å². The van der Waals surface area contributed by atoms with E-state index in [2.05, 4.69) is 20.4 Å². The summed E-state index contributed by atoms with van der Waals surface area (Å²) in [6.45, 7) is 3.02. The second-order valence-electron chi connectivity index (χ2n) is 13.0. The Kier molecular flexibility index (Phi) is 12.5. The van der Waals surface area contributed by atoms with Gasteiger partial charge in [0.15, 0.2) is 10.8 Å². The van der Waals surface area contributed by atoms with E-state index in [1.54, 1.807) is 42.9 Å². The molecule has 1 saturated heterocycles. The number of β-lactam (4-membered cyclic amide) rings is 1. The molecule has 2 aliphatic heterocycles. The number of rotatable bonds is 14. The van der Waals surface area contributed by atoms with Gasteiger partial charge in [-0.2, -0.15) is 0 Å². The summed E-state index contributed by atoms with van der Waals surface area (Å²) in [7, 11) is 0. The molecule has 2 amide bonds. The third-order valence-corrected chi connectivity index (χ3v) is 11.2. The average Bonchev–Trinajstić information content (AvgIpc) is 3.69. The first-order valence-electron chi connectivity index (χ1n) is 18.4. The van der Waals surface area contributed by atoms with Crippen molar-refractivity contribution in [2.75, 3.05) is 18.1 Å². The number of esters is 1. The van der Waals surface area contributed by atoms with Crippen LogP contribution in [0.15, 0.2) is 143 Å². The van der Waals surface area contributed by atoms with Crippen LogP contribution in [0, 0.1) is 0 Å². The van der Waals surface area contributed by atoms with Gasteiger partial charge in [0.1, 0.15) is 22.8 Å². The molecule has 300 valence electrons. The zero-order chi connectivity index (χ0) is 41.4. The van der Waals surface area contributed by atoms with Crippen LogP contribution in [0.5, 0.6) is 0 Å². The van der Waals surface area contributed by atoms with Crippen LogP contribution in [-0.4, -0.2) is 74.6 Å².